The van der Waals surface area contributed by atoms with E-state index in [1.165, 1.54) is 0 Å². The first-order chi connectivity index (χ1) is 9.20. The van der Waals surface area contributed by atoms with E-state index in [1.54, 1.807) is 6.82 Å². The highest BCUT2D eigenvalue weighted by Crippen LogP contribution is 2.44. The number of benzene rings is 2. The Kier molecular flexibility index (Phi) is 2.88. The van der Waals surface area contributed by atoms with Crippen molar-refractivity contribution in [1.29, 1.82) is 0 Å². The molecule has 1 aliphatic rings. The second-order valence-corrected chi connectivity index (χ2v) is 4.82. The summed E-state index contributed by atoms with van der Waals surface area (Å²) in [6.45, 7) is 1.67. The van der Waals surface area contributed by atoms with Gasteiger partial charge in [-0.25, -0.2) is 0 Å². The quantitative estimate of drug-likeness (QED) is 0.651. The standard InChI is InChI=1S/C15H14BNO2/c1-16(19)17-10-6-7-13-11-4-2-3-5-12(11)15(9-18)14(13)8-10/h2-9,15,17,19H,1H3. The van der Waals surface area contributed by atoms with Gasteiger partial charge >= 0.3 is 7.05 Å². The van der Waals surface area contributed by atoms with Gasteiger partial charge < -0.3 is 15.0 Å². The van der Waals surface area contributed by atoms with Crippen molar-refractivity contribution in [3.63, 3.8) is 0 Å². The van der Waals surface area contributed by atoms with Gasteiger partial charge in [0.25, 0.3) is 0 Å². The first kappa shape index (κ1) is 12.0. The molecule has 2 N–H and O–H groups in total. The monoisotopic (exact) mass is 251 g/mol. The fraction of sp³-hybridized carbons (Fsp3) is 0.133. The Hall–Kier alpha value is -2.07. The smallest absolute Gasteiger partial charge is 0.406 e. The van der Waals surface area contributed by atoms with Crippen molar-refractivity contribution in [1.82, 2.24) is 0 Å². The summed E-state index contributed by atoms with van der Waals surface area (Å²) in [5.41, 5.74) is 5.11. The van der Waals surface area contributed by atoms with Gasteiger partial charge in [0.2, 0.25) is 0 Å². The highest BCUT2D eigenvalue weighted by Gasteiger charge is 2.28. The summed E-state index contributed by atoms with van der Waals surface area (Å²) in [6, 6.07) is 13.8. The van der Waals surface area contributed by atoms with Crippen molar-refractivity contribution in [2.75, 3.05) is 5.23 Å². The Morgan fingerprint density at radius 3 is 2.63 bits per heavy atom. The van der Waals surface area contributed by atoms with Gasteiger partial charge in [0, 0.05) is 5.69 Å². The molecule has 19 heavy (non-hydrogen) atoms. The van der Waals surface area contributed by atoms with Crippen molar-refractivity contribution >= 4 is 19.0 Å². The molecule has 2 aromatic rings. The summed E-state index contributed by atoms with van der Waals surface area (Å²) >= 11 is 0. The molecule has 3 rings (SSSR count). The lowest BCUT2D eigenvalue weighted by molar-refractivity contribution is -0.108. The van der Waals surface area contributed by atoms with Crippen LogP contribution in [0.5, 0.6) is 0 Å². The number of rotatable bonds is 3. The van der Waals surface area contributed by atoms with Crippen LogP contribution in [-0.4, -0.2) is 18.4 Å². The highest BCUT2D eigenvalue weighted by atomic mass is 16.2. The van der Waals surface area contributed by atoms with Gasteiger partial charge in [0.1, 0.15) is 6.29 Å². The van der Waals surface area contributed by atoms with Gasteiger partial charge in [0.05, 0.1) is 5.92 Å². The minimum atomic E-state index is -0.614. The van der Waals surface area contributed by atoms with E-state index in [-0.39, 0.29) is 5.92 Å². The van der Waals surface area contributed by atoms with Gasteiger partial charge in [-0.3, -0.25) is 0 Å². The molecule has 0 amide bonds. The number of nitrogens with one attached hydrogen (secondary N) is 1. The van der Waals surface area contributed by atoms with Crippen LogP contribution in [-0.2, 0) is 4.79 Å². The summed E-state index contributed by atoms with van der Waals surface area (Å²) in [6.07, 6.45) is 0.983. The molecule has 4 heteroatoms. The Labute approximate surface area is 112 Å². The van der Waals surface area contributed by atoms with Gasteiger partial charge in [-0.15, -0.1) is 0 Å². The zero-order valence-corrected chi connectivity index (χ0v) is 10.6. The summed E-state index contributed by atoms with van der Waals surface area (Å²) in [5.74, 6) is -0.207. The lowest BCUT2D eigenvalue weighted by atomic mass is 9.88. The van der Waals surface area contributed by atoms with E-state index < -0.39 is 7.05 Å². The van der Waals surface area contributed by atoms with E-state index in [1.807, 2.05) is 42.5 Å². The van der Waals surface area contributed by atoms with Crippen LogP contribution >= 0.6 is 0 Å². The second kappa shape index (κ2) is 4.55. The molecule has 0 saturated carbocycles. The van der Waals surface area contributed by atoms with Gasteiger partial charge in [-0.05, 0) is 41.2 Å². The van der Waals surface area contributed by atoms with Crippen molar-refractivity contribution in [3.8, 4) is 11.1 Å². The van der Waals surface area contributed by atoms with Gasteiger partial charge in [-0.2, -0.15) is 0 Å². The van der Waals surface area contributed by atoms with E-state index in [2.05, 4.69) is 5.23 Å². The van der Waals surface area contributed by atoms with Crippen LogP contribution in [0.2, 0.25) is 6.82 Å². The normalized spacial score (nSPS) is 15.6. The number of hydrogen-bond donors (Lipinski definition) is 2. The maximum absolute atomic E-state index is 11.4. The average Bonchev–Trinajstić information content (AvgIpc) is 2.71. The molecule has 1 atom stereocenters. The zero-order valence-electron chi connectivity index (χ0n) is 10.6. The average molecular weight is 251 g/mol. The van der Waals surface area contributed by atoms with E-state index in [9.17, 15) is 9.82 Å². The van der Waals surface area contributed by atoms with Crippen LogP contribution in [0.3, 0.4) is 0 Å². The number of aldehydes is 1. The molecule has 3 nitrogen and oxygen atoms in total. The van der Waals surface area contributed by atoms with Crippen molar-refractivity contribution in [2.24, 2.45) is 0 Å². The fourth-order valence-electron chi connectivity index (χ4n) is 2.72. The molecule has 0 spiro atoms. The third-order valence-corrected chi connectivity index (χ3v) is 3.48. The second-order valence-electron chi connectivity index (χ2n) is 4.82. The third-order valence-electron chi connectivity index (χ3n) is 3.48. The molecule has 94 valence electrons. The maximum Gasteiger partial charge on any atom is 0.406 e. The SMILES string of the molecule is CB(O)Nc1ccc2c(c1)C(C=O)c1ccccc1-2. The van der Waals surface area contributed by atoms with Crippen LogP contribution in [0.4, 0.5) is 5.69 Å². The van der Waals surface area contributed by atoms with E-state index in [4.69, 9.17) is 0 Å². The molecule has 1 aliphatic carbocycles. The topological polar surface area (TPSA) is 49.3 Å². The zero-order chi connectivity index (χ0) is 13.4. The van der Waals surface area contributed by atoms with E-state index >= 15 is 0 Å². The Morgan fingerprint density at radius 1 is 1.16 bits per heavy atom. The molecule has 0 heterocycles. The van der Waals surface area contributed by atoms with Crippen LogP contribution in [0.15, 0.2) is 42.5 Å². The number of carbonyl (C=O) groups excluding carboxylic acids is 1. The molecule has 0 fully saturated rings. The summed E-state index contributed by atoms with van der Waals surface area (Å²) in [4.78, 5) is 11.4. The molecule has 0 aromatic heterocycles. The van der Waals surface area contributed by atoms with Gasteiger partial charge in [-0.1, -0.05) is 30.3 Å². The highest BCUT2D eigenvalue weighted by molar-refractivity contribution is 6.52. The van der Waals surface area contributed by atoms with Crippen LogP contribution in [0.25, 0.3) is 11.1 Å². The number of fused-ring (bicyclic) bond motifs is 3. The summed E-state index contributed by atoms with van der Waals surface area (Å²) in [5, 5.41) is 12.3. The first-order valence-electron chi connectivity index (χ1n) is 6.34. The maximum atomic E-state index is 11.4. The molecule has 1 unspecified atom stereocenters. The number of anilines is 1. The number of hydrogen-bond acceptors (Lipinski definition) is 3. The lowest BCUT2D eigenvalue weighted by Crippen LogP contribution is -2.19. The minimum Gasteiger partial charge on any atom is -0.433 e. The Morgan fingerprint density at radius 2 is 1.89 bits per heavy atom. The number of carbonyl (C=O) groups is 1. The lowest BCUT2D eigenvalue weighted by Gasteiger charge is -2.10. The van der Waals surface area contributed by atoms with Crippen LogP contribution in [0.1, 0.15) is 17.0 Å². The molecule has 0 saturated heterocycles. The third kappa shape index (κ3) is 1.94. The van der Waals surface area contributed by atoms with Crippen molar-refractivity contribution in [3.05, 3.63) is 53.6 Å². The van der Waals surface area contributed by atoms with Crippen molar-refractivity contribution < 1.29 is 9.82 Å². The Balaban J connectivity index is 2.12. The summed E-state index contributed by atoms with van der Waals surface area (Å²) < 4.78 is 0. The molecular weight excluding hydrogens is 237 g/mol. The Bertz CT molecular complexity index is 640. The predicted octanol–water partition coefficient (Wildman–Crippen LogP) is 2.52. The van der Waals surface area contributed by atoms with E-state index in [0.717, 1.165) is 34.2 Å². The minimum absolute atomic E-state index is 0.207. The largest absolute Gasteiger partial charge is 0.433 e. The summed E-state index contributed by atoms with van der Waals surface area (Å²) in [7, 11) is -0.614. The molecule has 0 bridgehead atoms. The predicted molar refractivity (Wildman–Crippen MR) is 77.2 cm³/mol. The first-order valence-corrected chi connectivity index (χ1v) is 6.34. The van der Waals surface area contributed by atoms with Gasteiger partial charge in [0.15, 0.2) is 0 Å². The van der Waals surface area contributed by atoms with Crippen LogP contribution < -0.4 is 5.23 Å². The molecule has 0 radical (unpaired) electrons. The van der Waals surface area contributed by atoms with E-state index in [0.29, 0.717) is 0 Å². The van der Waals surface area contributed by atoms with Crippen molar-refractivity contribution in [2.45, 2.75) is 12.7 Å². The molecule has 0 aliphatic heterocycles. The molecular formula is C15H14BNO2. The molecule has 2 aromatic carbocycles. The fourth-order valence-corrected chi connectivity index (χ4v) is 2.72. The van der Waals surface area contributed by atoms with Crippen LogP contribution in [0, 0.1) is 0 Å².